The summed E-state index contributed by atoms with van der Waals surface area (Å²) < 4.78 is 0. The lowest BCUT2D eigenvalue weighted by molar-refractivity contribution is -0.155. The van der Waals surface area contributed by atoms with E-state index in [9.17, 15) is 14.4 Å². The number of aliphatic carboxylic acids is 1. The van der Waals surface area contributed by atoms with Crippen molar-refractivity contribution < 1.29 is 19.5 Å². The molecule has 16 heavy (non-hydrogen) atoms. The van der Waals surface area contributed by atoms with E-state index in [0.717, 1.165) is 24.2 Å². The molecular formula is C11H15NO4. The molecule has 5 heteroatoms. The van der Waals surface area contributed by atoms with Crippen LogP contribution in [-0.4, -0.2) is 34.3 Å². The van der Waals surface area contributed by atoms with Crippen molar-refractivity contribution in [3.05, 3.63) is 0 Å². The van der Waals surface area contributed by atoms with E-state index in [0.29, 0.717) is 6.42 Å². The summed E-state index contributed by atoms with van der Waals surface area (Å²) in [6.07, 6.45) is 3.22. The minimum absolute atomic E-state index is 0.0449. The molecule has 0 bridgehead atoms. The van der Waals surface area contributed by atoms with Crippen molar-refractivity contribution in [2.24, 2.45) is 11.8 Å². The lowest BCUT2D eigenvalue weighted by atomic mass is 9.83. The Bertz CT molecular complexity index is 335. The zero-order valence-electron chi connectivity index (χ0n) is 9.02. The number of nitrogens with zero attached hydrogens (tertiary/aromatic N) is 1. The summed E-state index contributed by atoms with van der Waals surface area (Å²) in [6.45, 7) is 0.0590. The van der Waals surface area contributed by atoms with Gasteiger partial charge in [0.05, 0.1) is 5.92 Å². The van der Waals surface area contributed by atoms with Gasteiger partial charge in [-0.15, -0.1) is 0 Å². The molecule has 2 rings (SSSR count). The molecule has 0 aromatic carbocycles. The highest BCUT2D eigenvalue weighted by Crippen LogP contribution is 2.30. The number of piperidine rings is 1. The minimum Gasteiger partial charge on any atom is -0.481 e. The topological polar surface area (TPSA) is 74.7 Å². The van der Waals surface area contributed by atoms with Crippen LogP contribution in [0.2, 0.25) is 0 Å². The van der Waals surface area contributed by atoms with Gasteiger partial charge in [-0.3, -0.25) is 19.3 Å². The zero-order valence-corrected chi connectivity index (χ0v) is 9.02. The molecule has 5 nitrogen and oxygen atoms in total. The maximum Gasteiger partial charge on any atom is 0.308 e. The highest BCUT2D eigenvalue weighted by Gasteiger charge is 2.38. The highest BCUT2D eigenvalue weighted by atomic mass is 16.4. The molecule has 2 fully saturated rings. The number of carbonyl (C=O) groups is 3. The molecule has 1 saturated heterocycles. The van der Waals surface area contributed by atoms with Crippen molar-refractivity contribution in [1.82, 2.24) is 4.90 Å². The minimum atomic E-state index is -0.918. The van der Waals surface area contributed by atoms with E-state index in [2.05, 4.69) is 0 Å². The second-order valence-electron chi connectivity index (χ2n) is 4.54. The summed E-state index contributed by atoms with van der Waals surface area (Å²) in [5.41, 5.74) is 0. The maximum atomic E-state index is 11.9. The molecule has 1 unspecified atom stereocenters. The number of likely N-dealkylation sites (tertiary alicyclic amines) is 1. The van der Waals surface area contributed by atoms with E-state index in [1.165, 1.54) is 0 Å². The first-order valence-corrected chi connectivity index (χ1v) is 5.66. The normalized spacial score (nSPS) is 26.4. The first-order valence-electron chi connectivity index (χ1n) is 5.66. The van der Waals surface area contributed by atoms with Crippen LogP contribution in [0.1, 0.15) is 32.1 Å². The van der Waals surface area contributed by atoms with Gasteiger partial charge in [-0.25, -0.2) is 0 Å². The molecule has 88 valence electrons. The molecule has 0 aromatic heterocycles. The van der Waals surface area contributed by atoms with Crippen LogP contribution in [0.15, 0.2) is 0 Å². The average molecular weight is 225 g/mol. The third-order valence-corrected chi connectivity index (χ3v) is 3.48. The van der Waals surface area contributed by atoms with Gasteiger partial charge in [0, 0.05) is 18.9 Å². The van der Waals surface area contributed by atoms with E-state index in [4.69, 9.17) is 5.11 Å². The van der Waals surface area contributed by atoms with Gasteiger partial charge in [0.25, 0.3) is 0 Å². The van der Waals surface area contributed by atoms with Crippen LogP contribution in [0.5, 0.6) is 0 Å². The van der Waals surface area contributed by atoms with Crippen molar-refractivity contribution in [2.45, 2.75) is 32.1 Å². The predicted octanol–water partition coefficient (Wildman–Crippen LogP) is 0.636. The van der Waals surface area contributed by atoms with Gasteiger partial charge in [0.2, 0.25) is 11.8 Å². The smallest absolute Gasteiger partial charge is 0.308 e. The second kappa shape index (κ2) is 4.23. The Hall–Kier alpha value is -1.39. The summed E-state index contributed by atoms with van der Waals surface area (Å²) in [7, 11) is 0. The van der Waals surface area contributed by atoms with Crippen LogP contribution in [0, 0.1) is 11.8 Å². The van der Waals surface area contributed by atoms with Crippen LogP contribution in [0.25, 0.3) is 0 Å². The number of rotatable bonds is 2. The molecule has 0 radical (unpaired) electrons. The molecule has 1 atom stereocenters. The lowest BCUT2D eigenvalue weighted by Crippen LogP contribution is -2.49. The summed E-state index contributed by atoms with van der Waals surface area (Å²) >= 11 is 0. The van der Waals surface area contributed by atoms with Gasteiger partial charge in [-0.2, -0.15) is 0 Å². The lowest BCUT2D eigenvalue weighted by Gasteiger charge is -2.34. The van der Waals surface area contributed by atoms with Gasteiger partial charge in [-0.1, -0.05) is 6.42 Å². The van der Waals surface area contributed by atoms with E-state index >= 15 is 0 Å². The summed E-state index contributed by atoms with van der Waals surface area (Å²) in [6, 6.07) is 0. The fraction of sp³-hybridized carbons (Fsp3) is 0.727. The van der Waals surface area contributed by atoms with Crippen LogP contribution in [0.3, 0.4) is 0 Å². The molecule has 1 saturated carbocycles. The van der Waals surface area contributed by atoms with Gasteiger partial charge in [0.15, 0.2) is 0 Å². The third kappa shape index (κ3) is 1.94. The van der Waals surface area contributed by atoms with Crippen LogP contribution >= 0.6 is 0 Å². The Kier molecular flexibility index (Phi) is 2.94. The third-order valence-electron chi connectivity index (χ3n) is 3.48. The fourth-order valence-electron chi connectivity index (χ4n) is 2.14. The summed E-state index contributed by atoms with van der Waals surface area (Å²) in [5, 5.41) is 8.88. The zero-order chi connectivity index (χ0) is 11.7. The van der Waals surface area contributed by atoms with Crippen molar-refractivity contribution in [3.8, 4) is 0 Å². The molecule has 2 aliphatic rings. The first kappa shape index (κ1) is 11.1. The van der Waals surface area contributed by atoms with Crippen LogP contribution < -0.4 is 0 Å². The highest BCUT2D eigenvalue weighted by molar-refractivity contribution is 5.98. The standard InChI is InChI=1S/C11H15NO4/c13-9-5-4-8(11(15)16)6-12(9)10(14)7-2-1-3-7/h7-8H,1-6H2,(H,15,16). The maximum absolute atomic E-state index is 11.9. The van der Waals surface area contributed by atoms with Gasteiger partial charge in [-0.05, 0) is 19.3 Å². The quantitative estimate of drug-likeness (QED) is 0.700. The van der Waals surface area contributed by atoms with Gasteiger partial charge < -0.3 is 5.11 Å². The number of hydrogen-bond donors (Lipinski definition) is 1. The Morgan fingerprint density at radius 3 is 2.38 bits per heavy atom. The second-order valence-corrected chi connectivity index (χ2v) is 4.54. The van der Waals surface area contributed by atoms with E-state index < -0.39 is 11.9 Å². The van der Waals surface area contributed by atoms with Crippen LogP contribution in [-0.2, 0) is 14.4 Å². The van der Waals surface area contributed by atoms with Crippen molar-refractivity contribution in [2.75, 3.05) is 6.54 Å². The Morgan fingerprint density at radius 1 is 1.19 bits per heavy atom. The number of carbonyl (C=O) groups excluding carboxylic acids is 2. The van der Waals surface area contributed by atoms with E-state index in [-0.39, 0.29) is 30.7 Å². The Morgan fingerprint density at radius 2 is 1.88 bits per heavy atom. The number of imide groups is 1. The Balaban J connectivity index is 2.02. The molecule has 1 N–H and O–H groups in total. The average Bonchev–Trinajstić information content (AvgIpc) is 2.15. The summed E-state index contributed by atoms with van der Waals surface area (Å²) in [5.74, 6) is -1.92. The van der Waals surface area contributed by atoms with Crippen molar-refractivity contribution in [3.63, 3.8) is 0 Å². The molecule has 1 aliphatic heterocycles. The summed E-state index contributed by atoms with van der Waals surface area (Å²) in [4.78, 5) is 35.4. The predicted molar refractivity (Wildman–Crippen MR) is 54.4 cm³/mol. The molecule has 0 aromatic rings. The number of amides is 2. The van der Waals surface area contributed by atoms with E-state index in [1.54, 1.807) is 0 Å². The largest absolute Gasteiger partial charge is 0.481 e. The number of carboxylic acids is 1. The van der Waals surface area contributed by atoms with Crippen LogP contribution in [0.4, 0.5) is 0 Å². The molecular weight excluding hydrogens is 210 g/mol. The fourth-order valence-corrected chi connectivity index (χ4v) is 2.14. The molecule has 0 spiro atoms. The molecule has 1 aliphatic carbocycles. The van der Waals surface area contributed by atoms with E-state index in [1.807, 2.05) is 0 Å². The van der Waals surface area contributed by atoms with Crippen molar-refractivity contribution in [1.29, 1.82) is 0 Å². The van der Waals surface area contributed by atoms with Gasteiger partial charge in [0.1, 0.15) is 0 Å². The number of carboxylic acid groups (broad SMARTS) is 1. The monoisotopic (exact) mass is 225 g/mol. The SMILES string of the molecule is O=C(O)C1CCC(=O)N(C(=O)C2CCC2)C1. The first-order chi connectivity index (χ1) is 7.59. The molecule has 1 heterocycles. The molecule has 2 amide bonds. The Labute approximate surface area is 93.4 Å². The van der Waals surface area contributed by atoms with Gasteiger partial charge >= 0.3 is 5.97 Å². The van der Waals surface area contributed by atoms with Crippen molar-refractivity contribution >= 4 is 17.8 Å². The number of hydrogen-bond acceptors (Lipinski definition) is 3.